The molecule has 0 atom stereocenters. The Morgan fingerprint density at radius 2 is 1.68 bits per heavy atom. The van der Waals surface area contributed by atoms with E-state index >= 15 is 0 Å². The molecule has 4 heteroatoms. The van der Waals surface area contributed by atoms with Crippen LogP contribution in [0.2, 0.25) is 0 Å². The van der Waals surface area contributed by atoms with Gasteiger partial charge in [0.25, 0.3) is 0 Å². The molecule has 0 unspecified atom stereocenters. The van der Waals surface area contributed by atoms with Crippen molar-refractivity contribution in [3.05, 3.63) is 47.0 Å². The van der Waals surface area contributed by atoms with Gasteiger partial charge in [0, 0.05) is 21.9 Å². The molecule has 0 aromatic heterocycles. The first-order valence-electron chi connectivity index (χ1n) is 8.51. The van der Waals surface area contributed by atoms with Crippen LogP contribution in [0.3, 0.4) is 0 Å². The molecule has 0 amide bonds. The molecule has 0 fully saturated rings. The third kappa shape index (κ3) is 3.95. The zero-order valence-corrected chi connectivity index (χ0v) is 15.6. The number of hydrogen-bond donors (Lipinski definition) is 0. The number of rotatable bonds is 7. The van der Waals surface area contributed by atoms with Crippen molar-refractivity contribution in [3.8, 4) is 11.5 Å². The van der Waals surface area contributed by atoms with Crippen LogP contribution in [0, 0.1) is 6.92 Å². The van der Waals surface area contributed by atoms with Crippen molar-refractivity contribution in [2.45, 2.75) is 33.6 Å². The summed E-state index contributed by atoms with van der Waals surface area (Å²) >= 11 is 0. The SMILES string of the molecule is CCCOC(=O)C(C)=CCc1c(C)c(OC)c2ccccc2c1OC. The van der Waals surface area contributed by atoms with E-state index in [1.807, 2.05) is 44.2 Å². The molecule has 0 aliphatic rings. The maximum Gasteiger partial charge on any atom is 0.333 e. The fourth-order valence-corrected chi connectivity index (χ4v) is 2.94. The lowest BCUT2D eigenvalue weighted by molar-refractivity contribution is -0.138. The fourth-order valence-electron chi connectivity index (χ4n) is 2.94. The van der Waals surface area contributed by atoms with Crippen LogP contribution in [-0.4, -0.2) is 26.8 Å². The Labute approximate surface area is 149 Å². The Balaban J connectivity index is 2.47. The van der Waals surface area contributed by atoms with Crippen molar-refractivity contribution < 1.29 is 19.0 Å². The van der Waals surface area contributed by atoms with Gasteiger partial charge in [0.15, 0.2) is 0 Å². The Bertz CT molecular complexity index is 790. The summed E-state index contributed by atoms with van der Waals surface area (Å²) in [4.78, 5) is 12.0. The van der Waals surface area contributed by atoms with E-state index in [0.717, 1.165) is 39.8 Å². The topological polar surface area (TPSA) is 44.8 Å². The number of hydrogen-bond acceptors (Lipinski definition) is 4. The second-order valence-corrected chi connectivity index (χ2v) is 5.94. The number of carbonyl (C=O) groups is 1. The molecular weight excluding hydrogens is 316 g/mol. The monoisotopic (exact) mass is 342 g/mol. The molecule has 0 heterocycles. The summed E-state index contributed by atoms with van der Waals surface area (Å²) in [7, 11) is 3.34. The van der Waals surface area contributed by atoms with E-state index in [2.05, 4.69) is 0 Å². The number of fused-ring (bicyclic) bond motifs is 1. The number of methoxy groups -OCH3 is 2. The smallest absolute Gasteiger partial charge is 0.333 e. The molecule has 0 radical (unpaired) electrons. The van der Waals surface area contributed by atoms with Crippen LogP contribution in [-0.2, 0) is 16.0 Å². The van der Waals surface area contributed by atoms with Gasteiger partial charge in [0.05, 0.1) is 20.8 Å². The van der Waals surface area contributed by atoms with Crippen LogP contribution in [0.5, 0.6) is 11.5 Å². The molecule has 134 valence electrons. The van der Waals surface area contributed by atoms with Crippen molar-refractivity contribution >= 4 is 16.7 Å². The van der Waals surface area contributed by atoms with Gasteiger partial charge in [-0.1, -0.05) is 37.3 Å². The highest BCUT2D eigenvalue weighted by atomic mass is 16.5. The molecule has 0 aliphatic carbocycles. The minimum absolute atomic E-state index is 0.272. The van der Waals surface area contributed by atoms with Crippen molar-refractivity contribution in [2.24, 2.45) is 0 Å². The molecule has 2 rings (SSSR count). The quantitative estimate of drug-likeness (QED) is 0.544. The summed E-state index contributed by atoms with van der Waals surface area (Å²) in [6.07, 6.45) is 3.27. The average Bonchev–Trinajstić information content (AvgIpc) is 2.63. The summed E-state index contributed by atoms with van der Waals surface area (Å²) in [6.45, 7) is 6.21. The second-order valence-electron chi connectivity index (χ2n) is 5.94. The summed E-state index contributed by atoms with van der Waals surface area (Å²) in [6, 6.07) is 8.01. The third-order valence-electron chi connectivity index (χ3n) is 4.26. The van der Waals surface area contributed by atoms with E-state index in [9.17, 15) is 4.79 Å². The molecule has 0 aliphatic heterocycles. The van der Waals surface area contributed by atoms with Gasteiger partial charge in [0.2, 0.25) is 0 Å². The lowest BCUT2D eigenvalue weighted by Gasteiger charge is -2.18. The third-order valence-corrected chi connectivity index (χ3v) is 4.26. The number of ether oxygens (including phenoxy) is 3. The van der Waals surface area contributed by atoms with Crippen LogP contribution in [0.25, 0.3) is 10.8 Å². The molecule has 0 saturated heterocycles. The van der Waals surface area contributed by atoms with Gasteiger partial charge >= 0.3 is 5.97 Å². The zero-order valence-electron chi connectivity index (χ0n) is 15.6. The molecule has 25 heavy (non-hydrogen) atoms. The number of carbonyl (C=O) groups excluding carboxylic acids is 1. The highest BCUT2D eigenvalue weighted by Crippen LogP contribution is 2.40. The summed E-state index contributed by atoms with van der Waals surface area (Å²) < 4.78 is 16.5. The maximum absolute atomic E-state index is 12.0. The first kappa shape index (κ1) is 18.8. The Morgan fingerprint density at radius 1 is 1.08 bits per heavy atom. The molecule has 0 bridgehead atoms. The first-order chi connectivity index (χ1) is 12.0. The molecule has 2 aromatic carbocycles. The number of esters is 1. The molecular formula is C21H26O4. The number of benzene rings is 2. The summed E-state index contributed by atoms with van der Waals surface area (Å²) in [5, 5.41) is 2.02. The lowest BCUT2D eigenvalue weighted by Crippen LogP contribution is -2.07. The first-order valence-corrected chi connectivity index (χ1v) is 8.51. The van der Waals surface area contributed by atoms with Gasteiger partial charge in [-0.2, -0.15) is 0 Å². The van der Waals surface area contributed by atoms with Gasteiger partial charge in [0.1, 0.15) is 11.5 Å². The van der Waals surface area contributed by atoms with Crippen LogP contribution in [0.15, 0.2) is 35.9 Å². The van der Waals surface area contributed by atoms with Gasteiger partial charge in [-0.3, -0.25) is 0 Å². The zero-order chi connectivity index (χ0) is 18.4. The standard InChI is InChI=1S/C21H26O4/c1-6-13-25-21(22)14(2)11-12-16-15(3)19(23-4)17-9-7-8-10-18(17)20(16)24-5/h7-11H,6,12-13H2,1-5H3. The van der Waals surface area contributed by atoms with Crippen LogP contribution >= 0.6 is 0 Å². The molecule has 0 saturated carbocycles. The van der Waals surface area contributed by atoms with Gasteiger partial charge in [-0.05, 0) is 32.3 Å². The van der Waals surface area contributed by atoms with E-state index < -0.39 is 0 Å². The maximum atomic E-state index is 12.0. The van der Waals surface area contributed by atoms with E-state index in [0.29, 0.717) is 18.6 Å². The molecule has 2 aromatic rings. The Morgan fingerprint density at radius 3 is 2.24 bits per heavy atom. The van der Waals surface area contributed by atoms with Gasteiger partial charge < -0.3 is 14.2 Å². The number of allylic oxidation sites excluding steroid dienone is 1. The minimum Gasteiger partial charge on any atom is -0.496 e. The highest BCUT2D eigenvalue weighted by Gasteiger charge is 2.17. The predicted octanol–water partition coefficient (Wildman–Crippen LogP) is 4.61. The van der Waals surface area contributed by atoms with E-state index in [4.69, 9.17) is 14.2 Å². The fraction of sp³-hybridized carbons (Fsp3) is 0.381. The largest absolute Gasteiger partial charge is 0.496 e. The van der Waals surface area contributed by atoms with Crippen molar-refractivity contribution in [1.82, 2.24) is 0 Å². The van der Waals surface area contributed by atoms with E-state index in [1.165, 1.54) is 0 Å². The van der Waals surface area contributed by atoms with Gasteiger partial charge in [-0.15, -0.1) is 0 Å². The van der Waals surface area contributed by atoms with Crippen molar-refractivity contribution in [1.29, 1.82) is 0 Å². The van der Waals surface area contributed by atoms with E-state index in [-0.39, 0.29) is 5.97 Å². The lowest BCUT2D eigenvalue weighted by atomic mass is 9.96. The Kier molecular flexibility index (Phi) is 6.45. The van der Waals surface area contributed by atoms with Crippen molar-refractivity contribution in [2.75, 3.05) is 20.8 Å². The summed E-state index contributed by atoms with van der Waals surface area (Å²) in [5.41, 5.74) is 2.63. The predicted molar refractivity (Wildman–Crippen MR) is 101 cm³/mol. The van der Waals surface area contributed by atoms with Crippen molar-refractivity contribution in [3.63, 3.8) is 0 Å². The Hall–Kier alpha value is -2.49. The normalized spacial score (nSPS) is 11.5. The molecule has 4 nitrogen and oxygen atoms in total. The van der Waals surface area contributed by atoms with Crippen LogP contribution in [0.4, 0.5) is 0 Å². The molecule has 0 spiro atoms. The van der Waals surface area contributed by atoms with Crippen LogP contribution < -0.4 is 9.47 Å². The highest BCUT2D eigenvalue weighted by molar-refractivity contribution is 5.96. The van der Waals surface area contributed by atoms with E-state index in [1.54, 1.807) is 21.1 Å². The second kappa shape index (κ2) is 8.56. The van der Waals surface area contributed by atoms with Gasteiger partial charge in [-0.25, -0.2) is 4.79 Å². The van der Waals surface area contributed by atoms with Crippen LogP contribution in [0.1, 0.15) is 31.4 Å². The average molecular weight is 342 g/mol. The summed E-state index contributed by atoms with van der Waals surface area (Å²) in [5.74, 6) is 1.39. The minimum atomic E-state index is -0.272. The molecule has 0 N–H and O–H groups in total.